The molecule has 0 radical (unpaired) electrons. The van der Waals surface area contributed by atoms with Crippen LogP contribution in [0.2, 0.25) is 0 Å². The number of nitrogens with one attached hydrogen (secondary N) is 1. The zero-order chi connectivity index (χ0) is 9.84. The Hall–Kier alpha value is -1.04. The van der Waals surface area contributed by atoms with E-state index in [4.69, 9.17) is 5.84 Å². The largest absolute Gasteiger partial charge is 0.612 e. The molecule has 0 heterocycles. The fourth-order valence-electron chi connectivity index (χ4n) is 0.983. The molecule has 3 N–H and O–H groups in total. The highest BCUT2D eigenvalue weighted by molar-refractivity contribution is 7.90. The number of carbonyl (C=O) groups excluding carboxylic acids is 1. The number of rotatable bonds is 2. The lowest BCUT2D eigenvalue weighted by Gasteiger charge is -2.08. The predicted octanol–water partition coefficient (Wildman–Crippen LogP) is 0.0275. The van der Waals surface area contributed by atoms with Gasteiger partial charge in [-0.05, 0) is 23.3 Å². The highest BCUT2D eigenvalue weighted by Gasteiger charge is 2.15. The lowest BCUT2D eigenvalue weighted by molar-refractivity contribution is 0.0950. The summed E-state index contributed by atoms with van der Waals surface area (Å²) in [6.07, 6.45) is 1.52. The monoisotopic (exact) mass is 198 g/mol. The highest BCUT2D eigenvalue weighted by atomic mass is 32.2. The molecule has 0 aliphatic heterocycles. The van der Waals surface area contributed by atoms with E-state index in [-0.39, 0.29) is 0 Å². The Bertz CT molecular complexity index is 315. The molecule has 0 aromatic heterocycles. The first kappa shape index (κ1) is 10.0. The number of hydrogen-bond donors (Lipinski definition) is 2. The third-order valence-electron chi connectivity index (χ3n) is 1.57. The molecule has 5 heteroatoms. The molecule has 13 heavy (non-hydrogen) atoms. The van der Waals surface area contributed by atoms with Gasteiger partial charge >= 0.3 is 0 Å². The summed E-state index contributed by atoms with van der Waals surface area (Å²) in [7, 11) is 0. The van der Waals surface area contributed by atoms with Gasteiger partial charge in [0.2, 0.25) is 0 Å². The van der Waals surface area contributed by atoms with Gasteiger partial charge in [0.15, 0.2) is 4.90 Å². The number of nitrogen functional groups attached to an aromatic ring is 1. The van der Waals surface area contributed by atoms with Crippen LogP contribution in [0.5, 0.6) is 0 Å². The van der Waals surface area contributed by atoms with Crippen molar-refractivity contribution in [1.29, 1.82) is 0 Å². The van der Waals surface area contributed by atoms with E-state index < -0.39 is 17.1 Å². The molecule has 0 aliphatic carbocycles. The molecular formula is C8H10N2O2S. The first-order valence-electron chi connectivity index (χ1n) is 3.60. The van der Waals surface area contributed by atoms with Gasteiger partial charge in [0.1, 0.15) is 6.26 Å². The third-order valence-corrected chi connectivity index (χ3v) is 2.55. The third kappa shape index (κ3) is 2.21. The van der Waals surface area contributed by atoms with Crippen molar-refractivity contribution < 1.29 is 9.35 Å². The fraction of sp³-hybridized carbons (Fsp3) is 0.125. The summed E-state index contributed by atoms with van der Waals surface area (Å²) in [5, 5.41) is 0. The first-order chi connectivity index (χ1) is 6.16. The number of hydrazine groups is 1. The normalized spacial score (nSPS) is 12.2. The number of nitrogens with two attached hydrogens (primary N) is 1. The summed E-state index contributed by atoms with van der Waals surface area (Å²) in [5.74, 6) is 4.55. The Kier molecular flexibility index (Phi) is 3.30. The minimum atomic E-state index is -1.18. The average Bonchev–Trinajstić information content (AvgIpc) is 2.16. The van der Waals surface area contributed by atoms with Gasteiger partial charge in [-0.3, -0.25) is 10.2 Å². The Morgan fingerprint density at radius 3 is 2.69 bits per heavy atom. The number of hydrogen-bond acceptors (Lipinski definition) is 3. The van der Waals surface area contributed by atoms with Crippen LogP contribution in [0.3, 0.4) is 0 Å². The second kappa shape index (κ2) is 4.27. The Labute approximate surface area is 79.3 Å². The molecule has 0 spiro atoms. The smallest absolute Gasteiger partial charge is 0.270 e. The Morgan fingerprint density at radius 1 is 1.54 bits per heavy atom. The second-order valence-electron chi connectivity index (χ2n) is 2.42. The average molecular weight is 198 g/mol. The van der Waals surface area contributed by atoms with Gasteiger partial charge in [-0.2, -0.15) is 0 Å². The van der Waals surface area contributed by atoms with Crippen LogP contribution in [0.15, 0.2) is 29.2 Å². The fourth-order valence-corrected chi connectivity index (χ4v) is 1.72. The van der Waals surface area contributed by atoms with Crippen LogP contribution in [0.25, 0.3) is 0 Å². The van der Waals surface area contributed by atoms with Crippen molar-refractivity contribution in [1.82, 2.24) is 5.43 Å². The van der Waals surface area contributed by atoms with Crippen LogP contribution in [0.4, 0.5) is 0 Å². The van der Waals surface area contributed by atoms with Crippen LogP contribution in [-0.4, -0.2) is 16.7 Å². The van der Waals surface area contributed by atoms with Gasteiger partial charge in [-0.25, -0.2) is 5.84 Å². The molecule has 1 unspecified atom stereocenters. The quantitative estimate of drug-likeness (QED) is 0.304. The molecule has 1 amide bonds. The molecule has 0 saturated carbocycles. The van der Waals surface area contributed by atoms with Crippen molar-refractivity contribution in [3.05, 3.63) is 29.8 Å². The predicted molar refractivity (Wildman–Crippen MR) is 50.4 cm³/mol. The second-order valence-corrected chi connectivity index (χ2v) is 3.77. The van der Waals surface area contributed by atoms with E-state index in [1.54, 1.807) is 24.3 Å². The van der Waals surface area contributed by atoms with Gasteiger partial charge in [0, 0.05) is 0 Å². The summed E-state index contributed by atoms with van der Waals surface area (Å²) in [4.78, 5) is 11.7. The maximum atomic E-state index is 11.2. The summed E-state index contributed by atoms with van der Waals surface area (Å²) in [6, 6.07) is 6.64. The van der Waals surface area contributed by atoms with E-state index >= 15 is 0 Å². The maximum Gasteiger partial charge on any atom is 0.270 e. The van der Waals surface area contributed by atoms with E-state index in [2.05, 4.69) is 0 Å². The molecule has 1 rings (SSSR count). The molecule has 1 aromatic carbocycles. The molecular weight excluding hydrogens is 188 g/mol. The van der Waals surface area contributed by atoms with E-state index in [9.17, 15) is 9.35 Å². The maximum absolute atomic E-state index is 11.2. The van der Waals surface area contributed by atoms with Gasteiger partial charge < -0.3 is 4.55 Å². The lowest BCUT2D eigenvalue weighted by atomic mass is 10.2. The standard InChI is InChI=1S/C8H10N2O2S/c1-13(12)7-5-3-2-4-6(7)8(11)10-9/h2-5H,9H2,1H3,(H,10,11). The first-order valence-corrected chi connectivity index (χ1v) is 5.16. The Balaban J connectivity index is 3.12. The van der Waals surface area contributed by atoms with Gasteiger partial charge in [0.05, 0.1) is 5.56 Å². The van der Waals surface area contributed by atoms with Crippen molar-refractivity contribution in [3.63, 3.8) is 0 Å². The summed E-state index contributed by atoms with van der Waals surface area (Å²) >= 11 is -1.18. The van der Waals surface area contributed by atoms with Crippen molar-refractivity contribution in [2.75, 3.05) is 6.26 Å². The van der Waals surface area contributed by atoms with Crippen LogP contribution >= 0.6 is 0 Å². The van der Waals surface area contributed by atoms with Crippen molar-refractivity contribution in [2.45, 2.75) is 4.90 Å². The molecule has 0 aliphatic rings. The zero-order valence-electron chi connectivity index (χ0n) is 7.11. The minimum Gasteiger partial charge on any atom is -0.612 e. The molecule has 0 fully saturated rings. The minimum absolute atomic E-state index is 0.353. The van der Waals surface area contributed by atoms with E-state index in [0.717, 1.165) is 0 Å². The van der Waals surface area contributed by atoms with Crippen molar-refractivity contribution in [3.8, 4) is 0 Å². The molecule has 70 valence electrons. The lowest BCUT2D eigenvalue weighted by Crippen LogP contribution is -2.31. The molecule has 1 aromatic rings. The van der Waals surface area contributed by atoms with Crippen LogP contribution in [0.1, 0.15) is 10.4 Å². The SMILES string of the molecule is C[S+]([O-])c1ccccc1C(=O)NN. The molecule has 0 saturated heterocycles. The van der Waals surface area contributed by atoms with Crippen LogP contribution < -0.4 is 11.3 Å². The number of amides is 1. The molecule has 1 atom stereocenters. The number of carbonyl (C=O) groups is 1. The topological polar surface area (TPSA) is 78.2 Å². The van der Waals surface area contributed by atoms with Gasteiger partial charge in [-0.15, -0.1) is 0 Å². The summed E-state index contributed by atoms with van der Waals surface area (Å²) in [6.45, 7) is 0. The van der Waals surface area contributed by atoms with Crippen LogP contribution in [0, 0.1) is 0 Å². The number of benzene rings is 1. The highest BCUT2D eigenvalue weighted by Crippen LogP contribution is 2.14. The van der Waals surface area contributed by atoms with E-state index in [1.165, 1.54) is 6.26 Å². The van der Waals surface area contributed by atoms with E-state index in [1.807, 2.05) is 5.43 Å². The van der Waals surface area contributed by atoms with Crippen LogP contribution in [-0.2, 0) is 11.2 Å². The molecule has 0 bridgehead atoms. The zero-order valence-corrected chi connectivity index (χ0v) is 7.93. The Morgan fingerprint density at radius 2 is 2.15 bits per heavy atom. The van der Waals surface area contributed by atoms with Gasteiger partial charge in [-0.1, -0.05) is 12.1 Å². The van der Waals surface area contributed by atoms with Crippen molar-refractivity contribution >= 4 is 17.1 Å². The van der Waals surface area contributed by atoms with Crippen molar-refractivity contribution in [2.24, 2.45) is 5.84 Å². The van der Waals surface area contributed by atoms with Gasteiger partial charge in [0.25, 0.3) is 5.91 Å². The molecule has 4 nitrogen and oxygen atoms in total. The van der Waals surface area contributed by atoms with E-state index in [0.29, 0.717) is 10.5 Å². The summed E-state index contributed by atoms with van der Waals surface area (Å²) in [5.41, 5.74) is 2.36. The summed E-state index contributed by atoms with van der Waals surface area (Å²) < 4.78 is 11.2.